The second-order valence-corrected chi connectivity index (χ2v) is 5.90. The maximum atomic E-state index is 12.0. The second kappa shape index (κ2) is 6.01. The van der Waals surface area contributed by atoms with E-state index in [2.05, 4.69) is 5.32 Å². The first-order chi connectivity index (χ1) is 8.31. The summed E-state index contributed by atoms with van der Waals surface area (Å²) in [5.41, 5.74) is 1.52. The molecule has 1 aromatic rings. The van der Waals surface area contributed by atoms with E-state index >= 15 is 0 Å². The lowest BCUT2D eigenvalue weighted by Crippen LogP contribution is -2.40. The highest BCUT2D eigenvalue weighted by Gasteiger charge is 2.15. The third kappa shape index (κ3) is 4.88. The normalized spacial score (nSPS) is 13.2. The molecule has 0 aliphatic rings. The predicted molar refractivity (Wildman–Crippen MR) is 73.6 cm³/mol. The minimum Gasteiger partial charge on any atom is -0.396 e. The highest BCUT2D eigenvalue weighted by atomic mass is 16.3. The number of hydrogen-bond acceptors (Lipinski definition) is 2. The zero-order valence-electron chi connectivity index (χ0n) is 11.7. The van der Waals surface area contributed by atoms with Gasteiger partial charge in [-0.2, -0.15) is 0 Å². The van der Waals surface area contributed by atoms with Crippen LogP contribution in [0.2, 0.25) is 0 Å². The van der Waals surface area contributed by atoms with Crippen LogP contribution in [0, 0.1) is 5.92 Å². The molecule has 0 heterocycles. The standard InChI is InChI=1S/C15H23NO2/c1-11(10-17)8-12-6-5-7-13(9-12)14(18)16-15(2,3)4/h5-7,9,11,17H,8,10H2,1-4H3,(H,16,18). The molecule has 3 nitrogen and oxygen atoms in total. The summed E-state index contributed by atoms with van der Waals surface area (Å²) in [5, 5.41) is 12.0. The van der Waals surface area contributed by atoms with Crippen LogP contribution in [0.4, 0.5) is 0 Å². The average Bonchev–Trinajstić information content (AvgIpc) is 2.27. The zero-order chi connectivity index (χ0) is 13.8. The lowest BCUT2D eigenvalue weighted by molar-refractivity contribution is 0.0919. The molecule has 1 unspecified atom stereocenters. The molecule has 0 aliphatic carbocycles. The smallest absolute Gasteiger partial charge is 0.251 e. The summed E-state index contributed by atoms with van der Waals surface area (Å²) in [5.74, 6) is 0.159. The van der Waals surface area contributed by atoms with Crippen molar-refractivity contribution in [3.63, 3.8) is 0 Å². The maximum Gasteiger partial charge on any atom is 0.251 e. The van der Waals surface area contributed by atoms with Gasteiger partial charge in [-0.05, 0) is 50.8 Å². The molecular formula is C15H23NO2. The highest BCUT2D eigenvalue weighted by molar-refractivity contribution is 5.94. The number of carbonyl (C=O) groups is 1. The molecule has 0 radical (unpaired) electrons. The number of rotatable bonds is 4. The van der Waals surface area contributed by atoms with Crippen molar-refractivity contribution in [2.24, 2.45) is 5.92 Å². The Labute approximate surface area is 109 Å². The van der Waals surface area contributed by atoms with Crippen molar-refractivity contribution in [3.8, 4) is 0 Å². The molecule has 1 rings (SSSR count). The Morgan fingerprint density at radius 3 is 2.61 bits per heavy atom. The molecule has 18 heavy (non-hydrogen) atoms. The second-order valence-electron chi connectivity index (χ2n) is 5.90. The molecule has 1 aromatic carbocycles. The van der Waals surface area contributed by atoms with Gasteiger partial charge in [-0.15, -0.1) is 0 Å². The molecular weight excluding hydrogens is 226 g/mol. The Hall–Kier alpha value is -1.35. The van der Waals surface area contributed by atoms with Crippen molar-refractivity contribution in [1.82, 2.24) is 5.32 Å². The van der Waals surface area contributed by atoms with Gasteiger partial charge in [-0.3, -0.25) is 4.79 Å². The first-order valence-electron chi connectivity index (χ1n) is 6.34. The number of hydrogen-bond donors (Lipinski definition) is 2. The van der Waals surface area contributed by atoms with E-state index < -0.39 is 0 Å². The van der Waals surface area contributed by atoms with Gasteiger partial charge in [0.25, 0.3) is 5.91 Å². The fourth-order valence-corrected chi connectivity index (χ4v) is 1.72. The van der Waals surface area contributed by atoms with Gasteiger partial charge in [0.15, 0.2) is 0 Å². The quantitative estimate of drug-likeness (QED) is 0.860. The predicted octanol–water partition coefficient (Wildman–Crippen LogP) is 2.39. The van der Waals surface area contributed by atoms with Gasteiger partial charge in [0.2, 0.25) is 0 Å². The molecule has 0 aliphatic heterocycles. The molecule has 1 atom stereocenters. The Morgan fingerprint density at radius 2 is 2.06 bits per heavy atom. The largest absolute Gasteiger partial charge is 0.396 e. The van der Waals surface area contributed by atoms with E-state index in [1.54, 1.807) is 0 Å². The Balaban J connectivity index is 2.78. The summed E-state index contributed by atoms with van der Waals surface area (Å²) in [7, 11) is 0. The maximum absolute atomic E-state index is 12.0. The van der Waals surface area contributed by atoms with Crippen LogP contribution < -0.4 is 5.32 Å². The monoisotopic (exact) mass is 249 g/mol. The minimum atomic E-state index is -0.231. The van der Waals surface area contributed by atoms with Gasteiger partial charge in [0.05, 0.1) is 0 Å². The van der Waals surface area contributed by atoms with Crippen molar-refractivity contribution in [3.05, 3.63) is 35.4 Å². The number of nitrogens with one attached hydrogen (secondary N) is 1. The van der Waals surface area contributed by atoms with Gasteiger partial charge in [-0.1, -0.05) is 19.1 Å². The van der Waals surface area contributed by atoms with E-state index in [-0.39, 0.29) is 24.0 Å². The van der Waals surface area contributed by atoms with Crippen molar-refractivity contribution >= 4 is 5.91 Å². The number of carbonyl (C=O) groups excluding carboxylic acids is 1. The van der Waals surface area contributed by atoms with E-state index in [1.165, 1.54) is 0 Å². The van der Waals surface area contributed by atoms with E-state index in [0.717, 1.165) is 12.0 Å². The van der Waals surface area contributed by atoms with E-state index in [0.29, 0.717) is 5.56 Å². The SMILES string of the molecule is CC(CO)Cc1cccc(C(=O)NC(C)(C)C)c1. The molecule has 0 bridgehead atoms. The summed E-state index contributed by atoms with van der Waals surface area (Å²) in [6, 6.07) is 7.58. The Kier molecular flexibility index (Phi) is 4.91. The molecule has 100 valence electrons. The number of aliphatic hydroxyl groups excluding tert-OH is 1. The van der Waals surface area contributed by atoms with E-state index in [9.17, 15) is 4.79 Å². The fraction of sp³-hybridized carbons (Fsp3) is 0.533. The average molecular weight is 249 g/mol. The van der Waals surface area contributed by atoms with Crippen LogP contribution in [0.5, 0.6) is 0 Å². The third-order valence-corrected chi connectivity index (χ3v) is 2.57. The van der Waals surface area contributed by atoms with Crippen LogP contribution in [-0.2, 0) is 6.42 Å². The van der Waals surface area contributed by atoms with Crippen LogP contribution in [0.25, 0.3) is 0 Å². The Morgan fingerprint density at radius 1 is 1.39 bits per heavy atom. The summed E-state index contributed by atoms with van der Waals surface area (Å²) < 4.78 is 0. The van der Waals surface area contributed by atoms with Gasteiger partial charge in [0, 0.05) is 17.7 Å². The Bertz CT molecular complexity index is 407. The number of amides is 1. The van der Waals surface area contributed by atoms with Crippen molar-refractivity contribution in [2.75, 3.05) is 6.61 Å². The van der Waals surface area contributed by atoms with Gasteiger partial charge < -0.3 is 10.4 Å². The van der Waals surface area contributed by atoms with Crippen molar-refractivity contribution < 1.29 is 9.90 Å². The summed E-state index contributed by atoms with van der Waals surface area (Å²) in [6.07, 6.45) is 0.785. The summed E-state index contributed by atoms with van der Waals surface area (Å²) >= 11 is 0. The highest BCUT2D eigenvalue weighted by Crippen LogP contribution is 2.12. The van der Waals surface area contributed by atoms with E-state index in [1.807, 2.05) is 52.0 Å². The first kappa shape index (κ1) is 14.7. The van der Waals surface area contributed by atoms with Crippen LogP contribution >= 0.6 is 0 Å². The molecule has 0 saturated carbocycles. The molecule has 0 spiro atoms. The third-order valence-electron chi connectivity index (χ3n) is 2.57. The molecule has 1 amide bonds. The van der Waals surface area contributed by atoms with Gasteiger partial charge in [-0.25, -0.2) is 0 Å². The fourth-order valence-electron chi connectivity index (χ4n) is 1.72. The first-order valence-corrected chi connectivity index (χ1v) is 6.34. The lowest BCUT2D eigenvalue weighted by Gasteiger charge is -2.20. The van der Waals surface area contributed by atoms with Crippen LogP contribution in [0.15, 0.2) is 24.3 Å². The van der Waals surface area contributed by atoms with Crippen LogP contribution in [0.3, 0.4) is 0 Å². The molecule has 3 heteroatoms. The molecule has 2 N–H and O–H groups in total. The van der Waals surface area contributed by atoms with E-state index in [4.69, 9.17) is 5.11 Å². The van der Waals surface area contributed by atoms with Crippen molar-refractivity contribution in [2.45, 2.75) is 39.7 Å². The molecule has 0 aromatic heterocycles. The van der Waals surface area contributed by atoms with Gasteiger partial charge >= 0.3 is 0 Å². The van der Waals surface area contributed by atoms with Crippen molar-refractivity contribution in [1.29, 1.82) is 0 Å². The van der Waals surface area contributed by atoms with Crippen LogP contribution in [0.1, 0.15) is 43.6 Å². The summed E-state index contributed by atoms with van der Waals surface area (Å²) in [4.78, 5) is 12.0. The molecule has 0 saturated heterocycles. The minimum absolute atomic E-state index is 0.0546. The number of benzene rings is 1. The lowest BCUT2D eigenvalue weighted by atomic mass is 9.99. The summed E-state index contributed by atoms with van der Waals surface area (Å²) in [6.45, 7) is 8.04. The molecule has 0 fully saturated rings. The van der Waals surface area contributed by atoms with Gasteiger partial charge in [0.1, 0.15) is 0 Å². The zero-order valence-corrected chi connectivity index (χ0v) is 11.7. The number of aliphatic hydroxyl groups is 1. The van der Waals surface area contributed by atoms with Crippen LogP contribution in [-0.4, -0.2) is 23.2 Å². The topological polar surface area (TPSA) is 49.3 Å².